The lowest BCUT2D eigenvalue weighted by Crippen LogP contribution is -2.35. The Kier molecular flexibility index (Phi) is 4.29. The monoisotopic (exact) mass is 313 g/mol. The summed E-state index contributed by atoms with van der Waals surface area (Å²) in [4.78, 5) is 18.9. The number of aliphatic hydroxyl groups excluding tert-OH is 1. The predicted molar refractivity (Wildman–Crippen MR) is 81.9 cm³/mol. The van der Waals surface area contributed by atoms with Crippen LogP contribution in [0.15, 0.2) is 49.1 Å². The van der Waals surface area contributed by atoms with Crippen LogP contribution >= 0.6 is 0 Å². The van der Waals surface area contributed by atoms with Crippen LogP contribution in [0.4, 0.5) is 10.5 Å². The molecule has 9 heteroatoms. The number of aliphatic hydroxyl groups is 1. The number of aromatic nitrogens is 5. The van der Waals surface area contributed by atoms with E-state index in [0.29, 0.717) is 11.5 Å². The zero-order valence-electron chi connectivity index (χ0n) is 12.0. The van der Waals surface area contributed by atoms with Gasteiger partial charge in [-0.1, -0.05) is 11.3 Å². The van der Waals surface area contributed by atoms with E-state index in [9.17, 15) is 9.90 Å². The van der Waals surface area contributed by atoms with Crippen molar-refractivity contribution in [3.8, 4) is 5.69 Å². The highest BCUT2D eigenvalue weighted by Crippen LogP contribution is 2.14. The van der Waals surface area contributed by atoms with Gasteiger partial charge in [-0.25, -0.2) is 14.5 Å². The van der Waals surface area contributed by atoms with Crippen LogP contribution in [-0.2, 0) is 0 Å². The summed E-state index contributed by atoms with van der Waals surface area (Å²) in [5.74, 6) is 0.485. The molecule has 1 aromatic carbocycles. The Hall–Kier alpha value is -3.20. The Labute approximate surface area is 131 Å². The van der Waals surface area contributed by atoms with Crippen molar-refractivity contribution in [2.24, 2.45) is 0 Å². The number of aromatic amines is 1. The zero-order valence-corrected chi connectivity index (χ0v) is 12.0. The van der Waals surface area contributed by atoms with Crippen LogP contribution in [0.3, 0.4) is 0 Å². The molecule has 0 radical (unpaired) electrons. The van der Waals surface area contributed by atoms with Crippen LogP contribution < -0.4 is 10.6 Å². The molecule has 1 atom stereocenters. The van der Waals surface area contributed by atoms with Gasteiger partial charge in [0.05, 0.1) is 24.7 Å². The summed E-state index contributed by atoms with van der Waals surface area (Å²) in [6.45, 7) is -0.264. The molecule has 118 valence electrons. The van der Waals surface area contributed by atoms with Crippen LogP contribution in [0.1, 0.15) is 11.9 Å². The summed E-state index contributed by atoms with van der Waals surface area (Å²) >= 11 is 0. The molecule has 2 aromatic heterocycles. The lowest BCUT2D eigenvalue weighted by atomic mass is 10.2. The second-order valence-corrected chi connectivity index (χ2v) is 4.71. The quantitative estimate of drug-likeness (QED) is 0.556. The summed E-state index contributed by atoms with van der Waals surface area (Å²) in [5, 5.41) is 22.3. The molecule has 0 aliphatic heterocycles. The van der Waals surface area contributed by atoms with Crippen molar-refractivity contribution in [3.63, 3.8) is 0 Å². The fourth-order valence-corrected chi connectivity index (χ4v) is 2.07. The average Bonchev–Trinajstić information content (AvgIpc) is 3.26. The molecule has 0 spiro atoms. The summed E-state index contributed by atoms with van der Waals surface area (Å²) in [7, 11) is 0. The SMILES string of the molecule is O=C(Nc1cccc(-n2ccnn2)c1)NC(CO)c1ncc[nH]1. The summed E-state index contributed by atoms with van der Waals surface area (Å²) in [6, 6.07) is 6.09. The number of H-pyrrole nitrogens is 1. The Morgan fingerprint density at radius 1 is 1.39 bits per heavy atom. The topological polar surface area (TPSA) is 121 Å². The lowest BCUT2D eigenvalue weighted by molar-refractivity contribution is 0.222. The van der Waals surface area contributed by atoms with Crippen LogP contribution in [0.2, 0.25) is 0 Å². The standard InChI is InChI=1S/C14H15N7O2/c22-9-12(13-15-4-5-16-13)19-14(23)18-10-2-1-3-11(8-10)21-7-6-17-20-21/h1-8,12,22H,9H2,(H,15,16)(H2,18,19,23). The third kappa shape index (κ3) is 3.52. The second kappa shape index (κ2) is 6.71. The highest BCUT2D eigenvalue weighted by Gasteiger charge is 2.15. The second-order valence-electron chi connectivity index (χ2n) is 4.71. The first-order chi connectivity index (χ1) is 11.3. The molecule has 23 heavy (non-hydrogen) atoms. The van der Waals surface area contributed by atoms with Crippen LogP contribution in [-0.4, -0.2) is 42.7 Å². The molecule has 3 rings (SSSR count). The number of hydrogen-bond donors (Lipinski definition) is 4. The van der Waals surface area contributed by atoms with E-state index in [1.165, 1.54) is 0 Å². The van der Waals surface area contributed by atoms with Gasteiger partial charge in [0.15, 0.2) is 0 Å². The van der Waals surface area contributed by atoms with Gasteiger partial charge in [0.2, 0.25) is 0 Å². The molecule has 0 fully saturated rings. The van der Waals surface area contributed by atoms with Gasteiger partial charge in [0.25, 0.3) is 0 Å². The van der Waals surface area contributed by atoms with Crippen molar-refractivity contribution >= 4 is 11.7 Å². The highest BCUT2D eigenvalue weighted by atomic mass is 16.3. The van der Waals surface area contributed by atoms with Crippen molar-refractivity contribution in [2.45, 2.75) is 6.04 Å². The molecule has 0 saturated carbocycles. The van der Waals surface area contributed by atoms with Gasteiger partial charge >= 0.3 is 6.03 Å². The maximum atomic E-state index is 12.1. The van der Waals surface area contributed by atoms with Gasteiger partial charge in [-0.05, 0) is 18.2 Å². The fraction of sp³-hybridized carbons (Fsp3) is 0.143. The van der Waals surface area contributed by atoms with Gasteiger partial charge in [0, 0.05) is 18.1 Å². The van der Waals surface area contributed by atoms with E-state index in [1.807, 2.05) is 6.07 Å². The molecule has 2 amide bonds. The molecule has 0 aliphatic rings. The van der Waals surface area contributed by atoms with Gasteiger partial charge < -0.3 is 20.7 Å². The van der Waals surface area contributed by atoms with Crippen LogP contribution in [0, 0.1) is 0 Å². The molecule has 0 saturated heterocycles. The largest absolute Gasteiger partial charge is 0.394 e. The minimum Gasteiger partial charge on any atom is -0.394 e. The zero-order chi connectivity index (χ0) is 16.1. The third-order valence-electron chi connectivity index (χ3n) is 3.13. The molecule has 2 heterocycles. The first-order valence-corrected chi connectivity index (χ1v) is 6.90. The molecule has 0 bridgehead atoms. The van der Waals surface area contributed by atoms with E-state index in [1.54, 1.807) is 47.7 Å². The van der Waals surface area contributed by atoms with Crippen molar-refractivity contribution in [1.82, 2.24) is 30.3 Å². The smallest absolute Gasteiger partial charge is 0.319 e. The van der Waals surface area contributed by atoms with E-state index in [-0.39, 0.29) is 6.61 Å². The number of rotatable bonds is 5. The lowest BCUT2D eigenvalue weighted by Gasteiger charge is -2.15. The van der Waals surface area contributed by atoms with Crippen molar-refractivity contribution in [1.29, 1.82) is 0 Å². The van der Waals surface area contributed by atoms with E-state index < -0.39 is 12.1 Å². The Bertz CT molecular complexity index is 755. The van der Waals surface area contributed by atoms with Gasteiger partial charge in [-0.15, -0.1) is 5.10 Å². The van der Waals surface area contributed by atoms with Crippen molar-refractivity contribution < 1.29 is 9.90 Å². The van der Waals surface area contributed by atoms with Crippen LogP contribution in [0.5, 0.6) is 0 Å². The highest BCUT2D eigenvalue weighted by molar-refractivity contribution is 5.89. The third-order valence-corrected chi connectivity index (χ3v) is 3.13. The minimum absolute atomic E-state index is 0.264. The average molecular weight is 313 g/mol. The number of carbonyl (C=O) groups excluding carboxylic acids is 1. The predicted octanol–water partition coefficient (Wildman–Crippen LogP) is 0.845. The Balaban J connectivity index is 1.67. The van der Waals surface area contributed by atoms with E-state index >= 15 is 0 Å². The number of imidazole rings is 1. The summed E-state index contributed by atoms with van der Waals surface area (Å²) in [5.41, 5.74) is 1.36. The van der Waals surface area contributed by atoms with Crippen LogP contribution in [0.25, 0.3) is 5.69 Å². The number of amides is 2. The number of benzene rings is 1. The van der Waals surface area contributed by atoms with E-state index in [0.717, 1.165) is 5.69 Å². The van der Waals surface area contributed by atoms with Gasteiger partial charge in [0.1, 0.15) is 11.9 Å². The maximum absolute atomic E-state index is 12.1. The van der Waals surface area contributed by atoms with Crippen molar-refractivity contribution in [3.05, 3.63) is 54.9 Å². The fourth-order valence-electron chi connectivity index (χ4n) is 2.07. The molecular formula is C14H15N7O2. The normalized spacial score (nSPS) is 11.9. The molecule has 4 N–H and O–H groups in total. The van der Waals surface area contributed by atoms with E-state index in [2.05, 4.69) is 30.9 Å². The first kappa shape index (κ1) is 14.7. The summed E-state index contributed by atoms with van der Waals surface area (Å²) in [6.07, 6.45) is 6.46. The molecular weight excluding hydrogens is 298 g/mol. The Morgan fingerprint density at radius 2 is 2.30 bits per heavy atom. The van der Waals surface area contributed by atoms with E-state index in [4.69, 9.17) is 0 Å². The molecule has 9 nitrogen and oxygen atoms in total. The number of hydrogen-bond acceptors (Lipinski definition) is 5. The maximum Gasteiger partial charge on any atom is 0.319 e. The Morgan fingerprint density at radius 3 is 3.00 bits per heavy atom. The first-order valence-electron chi connectivity index (χ1n) is 6.90. The summed E-state index contributed by atoms with van der Waals surface area (Å²) < 4.78 is 1.59. The number of carbonyl (C=O) groups is 1. The molecule has 1 unspecified atom stereocenters. The molecule has 3 aromatic rings. The van der Waals surface area contributed by atoms with Gasteiger partial charge in [-0.3, -0.25) is 0 Å². The number of nitrogens with one attached hydrogen (secondary N) is 3. The number of anilines is 1. The van der Waals surface area contributed by atoms with Crippen molar-refractivity contribution in [2.75, 3.05) is 11.9 Å². The number of nitrogens with zero attached hydrogens (tertiary/aromatic N) is 4. The minimum atomic E-state index is -0.608. The van der Waals surface area contributed by atoms with Gasteiger partial charge in [-0.2, -0.15) is 0 Å². The number of urea groups is 1. The molecule has 0 aliphatic carbocycles.